The van der Waals surface area contributed by atoms with Gasteiger partial charge in [-0.3, -0.25) is 0 Å². The number of rotatable bonds is 4. The number of allylic oxidation sites excluding steroid dienone is 3. The summed E-state index contributed by atoms with van der Waals surface area (Å²) in [6.07, 6.45) is 3.58. The van der Waals surface area contributed by atoms with E-state index in [0.717, 1.165) is 6.42 Å². The third-order valence-corrected chi connectivity index (χ3v) is 4.22. The molecule has 0 aromatic heterocycles. The first-order valence-electron chi connectivity index (χ1n) is 7.23. The third-order valence-electron chi connectivity index (χ3n) is 4.22. The predicted molar refractivity (Wildman–Crippen MR) is 82.8 cm³/mol. The van der Waals surface area contributed by atoms with Crippen LogP contribution in [0.4, 0.5) is 0 Å². The maximum atomic E-state index is 4.13. The van der Waals surface area contributed by atoms with Gasteiger partial charge in [-0.05, 0) is 51.5 Å². The second-order valence-corrected chi connectivity index (χ2v) is 5.82. The molecule has 1 aliphatic carbocycles. The molecule has 102 valence electrons. The van der Waals surface area contributed by atoms with Gasteiger partial charge in [-0.1, -0.05) is 48.1 Å². The lowest BCUT2D eigenvalue weighted by atomic mass is 9.83. The van der Waals surface area contributed by atoms with Gasteiger partial charge in [0.2, 0.25) is 0 Å². The van der Waals surface area contributed by atoms with Crippen molar-refractivity contribution in [3.63, 3.8) is 0 Å². The largest absolute Gasteiger partial charge is 0.382 e. The first-order chi connectivity index (χ1) is 9.08. The third kappa shape index (κ3) is 3.50. The molecule has 0 amide bonds. The summed E-state index contributed by atoms with van der Waals surface area (Å²) in [7, 11) is 0. The molecule has 0 radical (unpaired) electrons. The lowest BCUT2D eigenvalue weighted by Crippen LogP contribution is -2.24. The Labute approximate surface area is 117 Å². The van der Waals surface area contributed by atoms with Crippen LogP contribution in [0.3, 0.4) is 0 Å². The predicted octanol–water partition coefficient (Wildman–Crippen LogP) is 4.99. The first kappa shape index (κ1) is 13.9. The van der Waals surface area contributed by atoms with Gasteiger partial charge in [-0.15, -0.1) is 0 Å². The number of benzene rings is 1. The second kappa shape index (κ2) is 6.10. The van der Waals surface area contributed by atoms with Crippen molar-refractivity contribution in [1.82, 2.24) is 5.32 Å². The van der Waals surface area contributed by atoms with Gasteiger partial charge in [0.25, 0.3) is 0 Å². The Morgan fingerprint density at radius 1 is 1.32 bits per heavy atom. The SMILES string of the molecule is C=C(C)[C@@H]1CCC(C)=C(N[C@H](C)c2ccccc2)C1. The molecule has 1 N–H and O–H groups in total. The van der Waals surface area contributed by atoms with E-state index in [9.17, 15) is 0 Å². The van der Waals surface area contributed by atoms with E-state index < -0.39 is 0 Å². The van der Waals surface area contributed by atoms with E-state index in [0.29, 0.717) is 12.0 Å². The van der Waals surface area contributed by atoms with Gasteiger partial charge in [0.15, 0.2) is 0 Å². The fourth-order valence-electron chi connectivity index (χ4n) is 2.75. The van der Waals surface area contributed by atoms with Crippen LogP contribution in [-0.4, -0.2) is 0 Å². The van der Waals surface area contributed by atoms with Crippen LogP contribution in [0.1, 0.15) is 51.6 Å². The summed E-state index contributed by atoms with van der Waals surface area (Å²) in [6.45, 7) is 10.8. The molecule has 1 aromatic carbocycles. The molecule has 1 aromatic rings. The molecule has 1 nitrogen and oxygen atoms in total. The van der Waals surface area contributed by atoms with Crippen LogP contribution in [0.5, 0.6) is 0 Å². The molecule has 0 aliphatic heterocycles. The van der Waals surface area contributed by atoms with Crippen LogP contribution >= 0.6 is 0 Å². The van der Waals surface area contributed by atoms with Gasteiger partial charge in [0.1, 0.15) is 0 Å². The minimum Gasteiger partial charge on any atom is -0.382 e. The van der Waals surface area contributed by atoms with Gasteiger partial charge in [0.05, 0.1) is 0 Å². The van der Waals surface area contributed by atoms with Crippen molar-refractivity contribution in [1.29, 1.82) is 0 Å². The van der Waals surface area contributed by atoms with Gasteiger partial charge in [-0.25, -0.2) is 0 Å². The smallest absolute Gasteiger partial charge is 0.0482 e. The molecule has 1 heteroatoms. The number of nitrogens with one attached hydrogen (secondary N) is 1. The normalized spacial score (nSPS) is 21.1. The Bertz CT molecular complexity index is 470. The maximum Gasteiger partial charge on any atom is 0.0482 e. The standard InChI is InChI=1S/C18H25N/c1-13(2)17-11-10-14(3)18(12-17)19-15(4)16-8-6-5-7-9-16/h5-9,15,17,19H,1,10-12H2,2-4H3/t15-,17-/m1/s1. The van der Waals surface area contributed by atoms with Gasteiger partial charge in [0, 0.05) is 11.7 Å². The highest BCUT2D eigenvalue weighted by atomic mass is 14.9. The van der Waals surface area contributed by atoms with Gasteiger partial charge in [-0.2, -0.15) is 0 Å². The molecule has 0 saturated heterocycles. The maximum absolute atomic E-state index is 4.13. The zero-order valence-corrected chi connectivity index (χ0v) is 12.4. The minimum absolute atomic E-state index is 0.370. The van der Waals surface area contributed by atoms with Crippen molar-refractivity contribution >= 4 is 0 Å². The lowest BCUT2D eigenvalue weighted by Gasteiger charge is -2.29. The van der Waals surface area contributed by atoms with E-state index >= 15 is 0 Å². The summed E-state index contributed by atoms with van der Waals surface area (Å²) < 4.78 is 0. The van der Waals surface area contributed by atoms with Crippen LogP contribution in [0.2, 0.25) is 0 Å². The van der Waals surface area contributed by atoms with E-state index in [1.807, 2.05) is 0 Å². The first-order valence-corrected chi connectivity index (χ1v) is 7.23. The molecule has 0 unspecified atom stereocenters. The van der Waals surface area contributed by atoms with E-state index in [1.165, 1.54) is 35.2 Å². The number of hydrogen-bond donors (Lipinski definition) is 1. The Morgan fingerprint density at radius 3 is 2.63 bits per heavy atom. The fraction of sp³-hybridized carbons (Fsp3) is 0.444. The monoisotopic (exact) mass is 255 g/mol. The molecule has 2 rings (SSSR count). The molecule has 0 heterocycles. The molecule has 19 heavy (non-hydrogen) atoms. The highest BCUT2D eigenvalue weighted by Gasteiger charge is 2.20. The Balaban J connectivity index is 2.07. The molecule has 1 aliphatic rings. The molecule has 2 atom stereocenters. The van der Waals surface area contributed by atoms with Crippen molar-refractivity contribution in [3.05, 3.63) is 59.3 Å². The van der Waals surface area contributed by atoms with Crippen molar-refractivity contribution in [2.45, 2.75) is 46.1 Å². The van der Waals surface area contributed by atoms with Crippen LogP contribution in [-0.2, 0) is 0 Å². The zero-order chi connectivity index (χ0) is 13.8. The highest BCUT2D eigenvalue weighted by Crippen LogP contribution is 2.32. The van der Waals surface area contributed by atoms with Gasteiger partial charge < -0.3 is 5.32 Å². The average Bonchev–Trinajstić information content (AvgIpc) is 2.42. The average molecular weight is 255 g/mol. The van der Waals surface area contributed by atoms with Gasteiger partial charge >= 0.3 is 0 Å². The van der Waals surface area contributed by atoms with Crippen molar-refractivity contribution < 1.29 is 0 Å². The van der Waals surface area contributed by atoms with E-state index in [4.69, 9.17) is 0 Å². The van der Waals surface area contributed by atoms with Crippen LogP contribution in [0.25, 0.3) is 0 Å². The zero-order valence-electron chi connectivity index (χ0n) is 12.4. The molecular weight excluding hydrogens is 230 g/mol. The summed E-state index contributed by atoms with van der Waals surface area (Å²) in [5.74, 6) is 0.647. The summed E-state index contributed by atoms with van der Waals surface area (Å²) in [6, 6.07) is 11.0. The molecule has 0 saturated carbocycles. The summed E-state index contributed by atoms with van der Waals surface area (Å²) in [5.41, 5.74) is 5.61. The fourth-order valence-corrected chi connectivity index (χ4v) is 2.75. The Hall–Kier alpha value is -1.50. The van der Waals surface area contributed by atoms with Crippen molar-refractivity contribution in [2.24, 2.45) is 5.92 Å². The molecule has 0 bridgehead atoms. The molecular formula is C18H25N. The Kier molecular flexibility index (Phi) is 4.47. The van der Waals surface area contributed by atoms with Crippen LogP contribution < -0.4 is 5.32 Å². The summed E-state index contributed by atoms with van der Waals surface area (Å²) >= 11 is 0. The molecule has 0 fully saturated rings. The van der Waals surface area contributed by atoms with Crippen LogP contribution in [0.15, 0.2) is 53.8 Å². The summed E-state index contributed by atoms with van der Waals surface area (Å²) in [5, 5.41) is 3.71. The quantitative estimate of drug-likeness (QED) is 0.748. The summed E-state index contributed by atoms with van der Waals surface area (Å²) in [4.78, 5) is 0. The van der Waals surface area contributed by atoms with Crippen molar-refractivity contribution in [2.75, 3.05) is 0 Å². The second-order valence-electron chi connectivity index (χ2n) is 5.82. The lowest BCUT2D eigenvalue weighted by molar-refractivity contribution is 0.478. The van der Waals surface area contributed by atoms with E-state index in [1.54, 1.807) is 0 Å². The highest BCUT2D eigenvalue weighted by molar-refractivity contribution is 5.23. The Morgan fingerprint density at radius 2 is 2.00 bits per heavy atom. The van der Waals surface area contributed by atoms with Crippen LogP contribution in [0, 0.1) is 5.92 Å². The minimum atomic E-state index is 0.370. The van der Waals surface area contributed by atoms with E-state index in [-0.39, 0.29) is 0 Å². The molecule has 0 spiro atoms. The van der Waals surface area contributed by atoms with Crippen molar-refractivity contribution in [3.8, 4) is 0 Å². The number of hydrogen-bond acceptors (Lipinski definition) is 1. The topological polar surface area (TPSA) is 12.0 Å². The van der Waals surface area contributed by atoms with E-state index in [2.05, 4.69) is 63.0 Å².